The number of hydrogen-bond acceptors (Lipinski definition) is 3. The van der Waals surface area contributed by atoms with Crippen molar-refractivity contribution in [3.63, 3.8) is 0 Å². The first-order valence-corrected chi connectivity index (χ1v) is 5.01. The molecule has 3 N–H and O–H groups in total. The van der Waals surface area contributed by atoms with Gasteiger partial charge in [0.1, 0.15) is 0 Å². The average Bonchev–Trinajstić information content (AvgIpc) is 2.17. The van der Waals surface area contributed by atoms with Crippen LogP contribution in [0.3, 0.4) is 0 Å². The Morgan fingerprint density at radius 3 is 2.64 bits per heavy atom. The summed E-state index contributed by atoms with van der Waals surface area (Å²) < 4.78 is 0. The zero-order valence-electron chi connectivity index (χ0n) is 8.15. The molecule has 0 aliphatic heterocycles. The van der Waals surface area contributed by atoms with Gasteiger partial charge in [-0.3, -0.25) is 4.84 Å². The molecule has 14 heavy (non-hydrogen) atoms. The van der Waals surface area contributed by atoms with Gasteiger partial charge in [0.2, 0.25) is 0 Å². The Labute approximate surface area is 84.2 Å². The summed E-state index contributed by atoms with van der Waals surface area (Å²) in [6.45, 7) is 0.618. The van der Waals surface area contributed by atoms with Crippen molar-refractivity contribution in [1.82, 2.24) is 5.48 Å². The molecule has 3 nitrogen and oxygen atoms in total. The molecule has 1 aliphatic rings. The molecule has 76 valence electrons. The van der Waals surface area contributed by atoms with Crippen molar-refractivity contribution in [3.05, 3.63) is 35.9 Å². The van der Waals surface area contributed by atoms with E-state index in [2.05, 4.69) is 5.48 Å². The second-order valence-corrected chi connectivity index (χ2v) is 3.82. The number of nitrogens with two attached hydrogens (primary N) is 1. The highest BCUT2D eigenvalue weighted by molar-refractivity contribution is 5.13. The van der Waals surface area contributed by atoms with Crippen LogP contribution in [0.5, 0.6) is 0 Å². The van der Waals surface area contributed by atoms with Crippen molar-refractivity contribution >= 4 is 0 Å². The Hall–Kier alpha value is -0.900. The highest BCUT2D eigenvalue weighted by Crippen LogP contribution is 2.17. The van der Waals surface area contributed by atoms with Gasteiger partial charge in [-0.1, -0.05) is 30.3 Å². The average molecular weight is 192 g/mol. The van der Waals surface area contributed by atoms with Gasteiger partial charge in [-0.25, -0.2) is 0 Å². The van der Waals surface area contributed by atoms with Crippen LogP contribution in [-0.4, -0.2) is 12.1 Å². The molecule has 2 rings (SSSR count). The van der Waals surface area contributed by atoms with Gasteiger partial charge >= 0.3 is 0 Å². The SMILES string of the molecule is NC1CC(NOCc2ccccc2)C1. The lowest BCUT2D eigenvalue weighted by molar-refractivity contribution is -0.0189. The van der Waals surface area contributed by atoms with Gasteiger partial charge in [-0.15, -0.1) is 0 Å². The van der Waals surface area contributed by atoms with Gasteiger partial charge < -0.3 is 5.73 Å². The largest absolute Gasteiger partial charge is 0.328 e. The fourth-order valence-corrected chi connectivity index (χ4v) is 1.58. The summed E-state index contributed by atoms with van der Waals surface area (Å²) in [5, 5.41) is 0. The number of benzene rings is 1. The van der Waals surface area contributed by atoms with Crippen molar-refractivity contribution < 1.29 is 4.84 Å². The molecule has 0 saturated heterocycles. The van der Waals surface area contributed by atoms with Crippen molar-refractivity contribution in [2.45, 2.75) is 31.5 Å². The zero-order valence-corrected chi connectivity index (χ0v) is 8.15. The minimum absolute atomic E-state index is 0.368. The van der Waals surface area contributed by atoms with Crippen LogP contribution in [0.15, 0.2) is 30.3 Å². The summed E-state index contributed by atoms with van der Waals surface area (Å²) in [4.78, 5) is 5.37. The molecule has 0 bridgehead atoms. The van der Waals surface area contributed by atoms with E-state index >= 15 is 0 Å². The molecule has 0 radical (unpaired) electrons. The first-order valence-electron chi connectivity index (χ1n) is 5.01. The molecule has 0 unspecified atom stereocenters. The van der Waals surface area contributed by atoms with Gasteiger partial charge in [0, 0.05) is 12.1 Å². The van der Waals surface area contributed by atoms with Crippen molar-refractivity contribution in [2.75, 3.05) is 0 Å². The first kappa shape index (κ1) is 9.65. The van der Waals surface area contributed by atoms with Gasteiger partial charge in [-0.2, -0.15) is 5.48 Å². The summed E-state index contributed by atoms with van der Waals surface area (Å²) in [7, 11) is 0. The maximum absolute atomic E-state index is 5.66. The van der Waals surface area contributed by atoms with Crippen LogP contribution in [0.1, 0.15) is 18.4 Å². The fourth-order valence-electron chi connectivity index (χ4n) is 1.58. The van der Waals surface area contributed by atoms with E-state index in [1.807, 2.05) is 30.3 Å². The smallest absolute Gasteiger partial charge is 0.0933 e. The summed E-state index contributed by atoms with van der Waals surface area (Å²) >= 11 is 0. The Kier molecular flexibility index (Phi) is 3.14. The van der Waals surface area contributed by atoms with Crippen LogP contribution in [0, 0.1) is 0 Å². The summed E-state index contributed by atoms with van der Waals surface area (Å²) in [6.07, 6.45) is 2.05. The molecule has 3 heteroatoms. The summed E-state index contributed by atoms with van der Waals surface area (Å²) in [6, 6.07) is 10.9. The van der Waals surface area contributed by atoms with Crippen LogP contribution in [0.4, 0.5) is 0 Å². The van der Waals surface area contributed by atoms with E-state index < -0.39 is 0 Å². The summed E-state index contributed by atoms with van der Waals surface area (Å²) in [5.74, 6) is 0. The molecule has 0 heterocycles. The lowest BCUT2D eigenvalue weighted by Crippen LogP contribution is -2.48. The molecule has 1 aromatic carbocycles. The third kappa shape index (κ3) is 2.54. The van der Waals surface area contributed by atoms with Crippen LogP contribution in [0.2, 0.25) is 0 Å². The van der Waals surface area contributed by atoms with E-state index in [0.717, 1.165) is 12.8 Å². The maximum Gasteiger partial charge on any atom is 0.0933 e. The standard InChI is InChI=1S/C11H16N2O/c12-10-6-11(7-10)13-14-8-9-4-2-1-3-5-9/h1-5,10-11,13H,6-8,12H2. The van der Waals surface area contributed by atoms with E-state index in [1.165, 1.54) is 5.56 Å². The van der Waals surface area contributed by atoms with Gasteiger partial charge in [-0.05, 0) is 18.4 Å². The molecule has 0 aromatic heterocycles. The van der Waals surface area contributed by atoms with Gasteiger partial charge in [0.05, 0.1) is 6.61 Å². The minimum atomic E-state index is 0.368. The van der Waals surface area contributed by atoms with Gasteiger partial charge in [0.15, 0.2) is 0 Å². The Morgan fingerprint density at radius 2 is 2.00 bits per heavy atom. The molecular weight excluding hydrogens is 176 g/mol. The molecule has 0 spiro atoms. The van der Waals surface area contributed by atoms with E-state index in [1.54, 1.807) is 0 Å². The van der Waals surface area contributed by atoms with Crippen LogP contribution < -0.4 is 11.2 Å². The van der Waals surface area contributed by atoms with Crippen molar-refractivity contribution in [2.24, 2.45) is 5.73 Å². The molecule has 0 atom stereocenters. The Bertz CT molecular complexity index is 270. The number of nitrogens with one attached hydrogen (secondary N) is 1. The Balaban J connectivity index is 1.64. The van der Waals surface area contributed by atoms with E-state index in [9.17, 15) is 0 Å². The predicted molar refractivity (Wildman–Crippen MR) is 55.4 cm³/mol. The van der Waals surface area contributed by atoms with Crippen molar-refractivity contribution in [3.8, 4) is 0 Å². The monoisotopic (exact) mass is 192 g/mol. The number of rotatable bonds is 4. The van der Waals surface area contributed by atoms with Crippen LogP contribution in [-0.2, 0) is 11.4 Å². The number of hydroxylamine groups is 1. The third-order valence-electron chi connectivity index (χ3n) is 2.51. The molecule has 1 aromatic rings. The topological polar surface area (TPSA) is 47.3 Å². The van der Waals surface area contributed by atoms with E-state index in [-0.39, 0.29) is 0 Å². The van der Waals surface area contributed by atoms with Gasteiger partial charge in [0.25, 0.3) is 0 Å². The van der Waals surface area contributed by atoms with Crippen LogP contribution >= 0.6 is 0 Å². The molecule has 0 amide bonds. The minimum Gasteiger partial charge on any atom is -0.328 e. The second kappa shape index (κ2) is 4.55. The predicted octanol–water partition coefficient (Wildman–Crippen LogP) is 1.20. The molecule has 1 saturated carbocycles. The molecule has 1 fully saturated rings. The van der Waals surface area contributed by atoms with E-state index in [0.29, 0.717) is 18.7 Å². The zero-order chi connectivity index (χ0) is 9.80. The molecular formula is C11H16N2O. The third-order valence-corrected chi connectivity index (χ3v) is 2.51. The second-order valence-electron chi connectivity index (χ2n) is 3.82. The lowest BCUT2D eigenvalue weighted by atomic mass is 9.88. The Morgan fingerprint density at radius 1 is 1.29 bits per heavy atom. The highest BCUT2D eigenvalue weighted by atomic mass is 16.6. The highest BCUT2D eigenvalue weighted by Gasteiger charge is 2.25. The quantitative estimate of drug-likeness (QED) is 0.705. The lowest BCUT2D eigenvalue weighted by Gasteiger charge is -2.32. The molecule has 1 aliphatic carbocycles. The normalized spacial score (nSPS) is 25.8. The first-order chi connectivity index (χ1) is 6.84. The fraction of sp³-hybridized carbons (Fsp3) is 0.455. The maximum atomic E-state index is 5.66. The number of hydrogen-bond donors (Lipinski definition) is 2. The van der Waals surface area contributed by atoms with E-state index in [4.69, 9.17) is 10.6 Å². The van der Waals surface area contributed by atoms with Crippen LogP contribution in [0.25, 0.3) is 0 Å². The summed E-state index contributed by atoms with van der Waals surface area (Å²) in [5.41, 5.74) is 9.86. The van der Waals surface area contributed by atoms with Crippen molar-refractivity contribution in [1.29, 1.82) is 0 Å².